The first-order valence-electron chi connectivity index (χ1n) is 5.40. The molecule has 0 unspecified atom stereocenters. The highest BCUT2D eigenvalue weighted by Gasteiger charge is 2.13. The molecule has 0 amide bonds. The van der Waals surface area contributed by atoms with Crippen molar-refractivity contribution in [2.45, 2.75) is 6.92 Å². The second kappa shape index (κ2) is 3.63. The van der Waals surface area contributed by atoms with E-state index in [0.29, 0.717) is 17.0 Å². The van der Waals surface area contributed by atoms with E-state index in [1.807, 2.05) is 20.0 Å². The lowest BCUT2D eigenvalue weighted by Crippen LogP contribution is -1.92. The Labute approximate surface area is 101 Å². The Morgan fingerprint density at radius 3 is 2.67 bits per heavy atom. The molecular formula is C12H10F2N4. The maximum Gasteiger partial charge on any atom is 0.159 e. The molecule has 0 atom stereocenters. The number of aryl methyl sites for hydroxylation is 2. The molecule has 0 spiro atoms. The van der Waals surface area contributed by atoms with Gasteiger partial charge in [-0.05, 0) is 19.1 Å². The number of rotatable bonds is 1. The molecule has 0 aliphatic rings. The van der Waals surface area contributed by atoms with Crippen LogP contribution in [-0.4, -0.2) is 19.7 Å². The Morgan fingerprint density at radius 1 is 1.22 bits per heavy atom. The van der Waals surface area contributed by atoms with E-state index in [4.69, 9.17) is 0 Å². The predicted molar refractivity (Wildman–Crippen MR) is 62.9 cm³/mol. The molecule has 0 aliphatic carbocycles. The third-order valence-electron chi connectivity index (χ3n) is 2.86. The summed E-state index contributed by atoms with van der Waals surface area (Å²) in [6, 6.07) is 3.85. The number of aromatic nitrogens is 4. The molecule has 0 bridgehead atoms. The summed E-state index contributed by atoms with van der Waals surface area (Å²) in [5, 5.41) is 4.23. The molecule has 92 valence electrons. The Morgan fingerprint density at radius 2 is 2.00 bits per heavy atom. The highest BCUT2D eigenvalue weighted by molar-refractivity contribution is 5.79. The van der Waals surface area contributed by atoms with Crippen molar-refractivity contribution in [3.05, 3.63) is 35.5 Å². The summed E-state index contributed by atoms with van der Waals surface area (Å²) in [6.45, 7) is 1.90. The maximum atomic E-state index is 13.5. The van der Waals surface area contributed by atoms with E-state index in [-0.39, 0.29) is 5.52 Å². The smallest absolute Gasteiger partial charge is 0.159 e. The van der Waals surface area contributed by atoms with Crippen LogP contribution in [0.3, 0.4) is 0 Å². The van der Waals surface area contributed by atoms with Crippen molar-refractivity contribution in [2.75, 3.05) is 0 Å². The van der Waals surface area contributed by atoms with Crippen LogP contribution in [0, 0.1) is 18.6 Å². The molecular weight excluding hydrogens is 238 g/mol. The van der Waals surface area contributed by atoms with Crippen LogP contribution >= 0.6 is 0 Å². The Balaban J connectivity index is 2.22. The van der Waals surface area contributed by atoms with Crippen LogP contribution in [0.25, 0.3) is 22.6 Å². The van der Waals surface area contributed by atoms with Crippen molar-refractivity contribution >= 4 is 11.0 Å². The standard InChI is InChI=1S/C12H10F2N4/c1-6-3-10(17-18(6)2)12-15-9-5-7(13)4-8(14)11(9)16-12/h3-5H,1-2H3,(H,15,16). The fraction of sp³-hybridized carbons (Fsp3) is 0.167. The van der Waals surface area contributed by atoms with E-state index in [2.05, 4.69) is 15.1 Å². The van der Waals surface area contributed by atoms with Crippen molar-refractivity contribution in [3.63, 3.8) is 0 Å². The molecule has 3 aromatic rings. The first-order valence-corrected chi connectivity index (χ1v) is 5.40. The molecule has 4 nitrogen and oxygen atoms in total. The molecule has 0 saturated carbocycles. The topological polar surface area (TPSA) is 46.5 Å². The van der Waals surface area contributed by atoms with E-state index >= 15 is 0 Å². The van der Waals surface area contributed by atoms with E-state index in [9.17, 15) is 8.78 Å². The average Bonchev–Trinajstić information content (AvgIpc) is 2.84. The third kappa shape index (κ3) is 1.57. The number of nitrogens with one attached hydrogen (secondary N) is 1. The van der Waals surface area contributed by atoms with E-state index in [0.717, 1.165) is 11.8 Å². The van der Waals surface area contributed by atoms with Gasteiger partial charge in [0.05, 0.1) is 5.52 Å². The van der Waals surface area contributed by atoms with E-state index in [1.54, 1.807) is 4.68 Å². The van der Waals surface area contributed by atoms with Crippen LogP contribution in [0.2, 0.25) is 0 Å². The SMILES string of the molecule is Cc1cc(-c2nc3c(F)cc(F)cc3[nH]2)nn1C. The van der Waals surface area contributed by atoms with Gasteiger partial charge in [-0.1, -0.05) is 0 Å². The van der Waals surface area contributed by atoms with Crippen LogP contribution in [0.4, 0.5) is 8.78 Å². The second-order valence-electron chi connectivity index (χ2n) is 4.16. The van der Waals surface area contributed by atoms with Crippen molar-refractivity contribution < 1.29 is 8.78 Å². The van der Waals surface area contributed by atoms with Gasteiger partial charge in [-0.25, -0.2) is 13.8 Å². The van der Waals surface area contributed by atoms with Crippen LogP contribution < -0.4 is 0 Å². The molecule has 2 heterocycles. The normalized spacial score (nSPS) is 11.3. The molecule has 0 fully saturated rings. The van der Waals surface area contributed by atoms with Gasteiger partial charge in [-0.2, -0.15) is 5.10 Å². The van der Waals surface area contributed by atoms with Gasteiger partial charge in [0.2, 0.25) is 0 Å². The summed E-state index contributed by atoms with van der Waals surface area (Å²) >= 11 is 0. The molecule has 2 aromatic heterocycles. The van der Waals surface area contributed by atoms with Crippen LogP contribution in [0.5, 0.6) is 0 Å². The van der Waals surface area contributed by atoms with Crippen molar-refractivity contribution in [3.8, 4) is 11.5 Å². The summed E-state index contributed by atoms with van der Waals surface area (Å²) in [5.41, 5.74) is 2.00. The van der Waals surface area contributed by atoms with Crippen molar-refractivity contribution in [1.82, 2.24) is 19.7 Å². The molecule has 18 heavy (non-hydrogen) atoms. The fourth-order valence-electron chi connectivity index (χ4n) is 1.84. The zero-order valence-corrected chi connectivity index (χ0v) is 9.83. The molecule has 3 rings (SSSR count). The summed E-state index contributed by atoms with van der Waals surface area (Å²) < 4.78 is 28.3. The predicted octanol–water partition coefficient (Wildman–Crippen LogP) is 2.55. The summed E-state index contributed by atoms with van der Waals surface area (Å²) in [6.07, 6.45) is 0. The number of fused-ring (bicyclic) bond motifs is 1. The van der Waals surface area contributed by atoms with E-state index < -0.39 is 11.6 Å². The number of benzene rings is 1. The molecule has 0 radical (unpaired) electrons. The summed E-state index contributed by atoms with van der Waals surface area (Å²) in [4.78, 5) is 6.97. The molecule has 0 aliphatic heterocycles. The van der Waals surface area contributed by atoms with Gasteiger partial charge in [0.1, 0.15) is 17.0 Å². The van der Waals surface area contributed by atoms with Crippen molar-refractivity contribution in [1.29, 1.82) is 0 Å². The average molecular weight is 248 g/mol. The minimum absolute atomic E-state index is 0.120. The zero-order chi connectivity index (χ0) is 12.9. The fourth-order valence-corrected chi connectivity index (χ4v) is 1.84. The minimum atomic E-state index is -0.680. The first-order chi connectivity index (χ1) is 8.54. The number of H-pyrrole nitrogens is 1. The van der Waals surface area contributed by atoms with Crippen LogP contribution in [0.15, 0.2) is 18.2 Å². The highest BCUT2D eigenvalue weighted by atomic mass is 19.1. The van der Waals surface area contributed by atoms with Gasteiger partial charge in [0.25, 0.3) is 0 Å². The van der Waals surface area contributed by atoms with Gasteiger partial charge < -0.3 is 4.98 Å². The summed E-state index contributed by atoms with van der Waals surface area (Å²) in [5.74, 6) is -0.884. The Bertz CT molecular complexity index is 722. The lowest BCUT2D eigenvalue weighted by atomic mass is 10.3. The summed E-state index contributed by atoms with van der Waals surface area (Å²) in [7, 11) is 1.81. The highest BCUT2D eigenvalue weighted by Crippen LogP contribution is 2.22. The first kappa shape index (κ1) is 10.9. The molecule has 0 saturated heterocycles. The maximum absolute atomic E-state index is 13.5. The Hall–Kier alpha value is -2.24. The number of imidazole rings is 1. The van der Waals surface area contributed by atoms with Gasteiger partial charge in [-0.3, -0.25) is 4.68 Å². The number of hydrogen-bond donors (Lipinski definition) is 1. The van der Waals surface area contributed by atoms with Crippen LogP contribution in [0.1, 0.15) is 5.69 Å². The monoisotopic (exact) mass is 248 g/mol. The van der Waals surface area contributed by atoms with Gasteiger partial charge >= 0.3 is 0 Å². The quantitative estimate of drug-likeness (QED) is 0.719. The second-order valence-corrected chi connectivity index (χ2v) is 4.16. The lowest BCUT2D eigenvalue weighted by Gasteiger charge is -1.90. The van der Waals surface area contributed by atoms with Crippen LogP contribution in [-0.2, 0) is 7.05 Å². The molecule has 1 N–H and O–H groups in total. The van der Waals surface area contributed by atoms with E-state index in [1.165, 1.54) is 6.07 Å². The minimum Gasteiger partial charge on any atom is -0.336 e. The third-order valence-corrected chi connectivity index (χ3v) is 2.86. The van der Waals surface area contributed by atoms with Gasteiger partial charge in [-0.15, -0.1) is 0 Å². The van der Waals surface area contributed by atoms with Gasteiger partial charge in [0, 0.05) is 18.8 Å². The number of hydrogen-bond acceptors (Lipinski definition) is 2. The Kier molecular flexibility index (Phi) is 2.19. The zero-order valence-electron chi connectivity index (χ0n) is 9.83. The lowest BCUT2D eigenvalue weighted by molar-refractivity contribution is 0.591. The van der Waals surface area contributed by atoms with Gasteiger partial charge in [0.15, 0.2) is 11.6 Å². The number of aromatic amines is 1. The van der Waals surface area contributed by atoms with Crippen molar-refractivity contribution in [2.24, 2.45) is 7.05 Å². The largest absolute Gasteiger partial charge is 0.336 e. The number of halogens is 2. The molecule has 1 aromatic carbocycles. The molecule has 6 heteroatoms. The number of nitrogens with zero attached hydrogens (tertiary/aromatic N) is 3.